The summed E-state index contributed by atoms with van der Waals surface area (Å²) in [6, 6.07) is -0.277. The first-order valence-electron chi connectivity index (χ1n) is 6.03. The van der Waals surface area contributed by atoms with Crippen molar-refractivity contribution in [3.05, 3.63) is 10.6 Å². The minimum Gasteiger partial charge on any atom is -0.351 e. The molecular formula is C11H16N4O2S. The number of urea groups is 1. The zero-order valence-corrected chi connectivity index (χ0v) is 11.0. The van der Waals surface area contributed by atoms with Crippen molar-refractivity contribution in [1.82, 2.24) is 15.6 Å². The highest BCUT2D eigenvalue weighted by Gasteiger charge is 2.20. The Morgan fingerprint density at radius 3 is 3.17 bits per heavy atom. The maximum absolute atomic E-state index is 11.7. The van der Waals surface area contributed by atoms with Crippen LogP contribution >= 0.6 is 11.3 Å². The molecule has 1 aromatic heterocycles. The molecule has 1 aromatic rings. The highest BCUT2D eigenvalue weighted by atomic mass is 32.1. The average molecular weight is 268 g/mol. The fraction of sp³-hybridized carbons (Fsp3) is 0.545. The second-order valence-electron chi connectivity index (χ2n) is 4.04. The summed E-state index contributed by atoms with van der Waals surface area (Å²) in [4.78, 5) is 28.1. The summed E-state index contributed by atoms with van der Waals surface area (Å²) in [5.74, 6) is -0.0954. The predicted molar refractivity (Wildman–Crippen MR) is 70.1 cm³/mol. The van der Waals surface area contributed by atoms with E-state index >= 15 is 0 Å². The number of aromatic nitrogens is 1. The number of hydrogen-bond acceptors (Lipinski definition) is 4. The Bertz CT molecular complexity index is 458. The molecule has 0 fully saturated rings. The highest BCUT2D eigenvalue weighted by Crippen LogP contribution is 2.25. The summed E-state index contributed by atoms with van der Waals surface area (Å²) in [7, 11) is 0. The molecule has 2 heterocycles. The molecule has 0 bridgehead atoms. The SMILES string of the molecule is CCCNC(=O)Nc1nc2c(s1)C(=O)NCCC2. The number of anilines is 1. The lowest BCUT2D eigenvalue weighted by Crippen LogP contribution is -2.29. The van der Waals surface area contributed by atoms with Gasteiger partial charge in [-0.15, -0.1) is 0 Å². The van der Waals surface area contributed by atoms with E-state index in [2.05, 4.69) is 20.9 Å². The van der Waals surface area contributed by atoms with Gasteiger partial charge in [-0.3, -0.25) is 10.1 Å². The largest absolute Gasteiger partial charge is 0.351 e. The Morgan fingerprint density at radius 2 is 2.39 bits per heavy atom. The van der Waals surface area contributed by atoms with Crippen LogP contribution in [0.25, 0.3) is 0 Å². The standard InChI is InChI=1S/C11H16N4O2S/c1-2-5-13-10(17)15-11-14-7-4-3-6-12-9(16)8(7)18-11/h2-6H2,1H3,(H,12,16)(H2,13,14,15,17). The Hall–Kier alpha value is -1.63. The van der Waals surface area contributed by atoms with Crippen molar-refractivity contribution >= 4 is 28.4 Å². The molecule has 18 heavy (non-hydrogen) atoms. The molecule has 2 rings (SSSR count). The van der Waals surface area contributed by atoms with Crippen molar-refractivity contribution in [1.29, 1.82) is 0 Å². The Morgan fingerprint density at radius 1 is 1.56 bits per heavy atom. The van der Waals surface area contributed by atoms with Gasteiger partial charge in [-0.25, -0.2) is 9.78 Å². The van der Waals surface area contributed by atoms with E-state index in [1.165, 1.54) is 11.3 Å². The summed E-state index contributed by atoms with van der Waals surface area (Å²) in [5, 5.41) is 8.64. The van der Waals surface area contributed by atoms with Crippen LogP contribution in [0, 0.1) is 0 Å². The third-order valence-corrected chi connectivity index (χ3v) is 3.55. The maximum Gasteiger partial charge on any atom is 0.321 e. The number of nitrogens with zero attached hydrogens (tertiary/aromatic N) is 1. The third kappa shape index (κ3) is 2.98. The van der Waals surface area contributed by atoms with Crippen LogP contribution in [0.1, 0.15) is 35.1 Å². The fourth-order valence-corrected chi connectivity index (χ4v) is 2.59. The second kappa shape index (κ2) is 5.81. The summed E-state index contributed by atoms with van der Waals surface area (Å²) in [6.45, 7) is 3.29. The second-order valence-corrected chi connectivity index (χ2v) is 5.03. The number of carbonyl (C=O) groups is 2. The van der Waals surface area contributed by atoms with Crippen LogP contribution in [0.4, 0.5) is 9.93 Å². The van der Waals surface area contributed by atoms with E-state index in [9.17, 15) is 9.59 Å². The highest BCUT2D eigenvalue weighted by molar-refractivity contribution is 7.17. The first-order valence-corrected chi connectivity index (χ1v) is 6.85. The van der Waals surface area contributed by atoms with Gasteiger partial charge in [-0.2, -0.15) is 0 Å². The molecular weight excluding hydrogens is 252 g/mol. The lowest BCUT2D eigenvalue weighted by molar-refractivity contribution is 0.0960. The van der Waals surface area contributed by atoms with E-state index in [4.69, 9.17) is 0 Å². The van der Waals surface area contributed by atoms with Crippen molar-refractivity contribution < 1.29 is 9.59 Å². The van der Waals surface area contributed by atoms with Crippen molar-refractivity contribution in [2.24, 2.45) is 0 Å². The molecule has 7 heteroatoms. The topological polar surface area (TPSA) is 83.1 Å². The van der Waals surface area contributed by atoms with Crippen molar-refractivity contribution in [2.75, 3.05) is 18.4 Å². The van der Waals surface area contributed by atoms with E-state index < -0.39 is 0 Å². The summed E-state index contributed by atoms with van der Waals surface area (Å²) < 4.78 is 0. The van der Waals surface area contributed by atoms with Gasteiger partial charge in [-0.1, -0.05) is 18.3 Å². The monoisotopic (exact) mass is 268 g/mol. The molecule has 0 aliphatic carbocycles. The Balaban J connectivity index is 2.05. The number of rotatable bonds is 3. The Labute approximate surface area is 109 Å². The van der Waals surface area contributed by atoms with Gasteiger partial charge in [0.15, 0.2) is 5.13 Å². The fourth-order valence-electron chi connectivity index (χ4n) is 1.67. The van der Waals surface area contributed by atoms with Crippen LogP contribution in [-0.2, 0) is 6.42 Å². The Kier molecular flexibility index (Phi) is 4.14. The lowest BCUT2D eigenvalue weighted by atomic mass is 10.2. The number of amides is 3. The van der Waals surface area contributed by atoms with Gasteiger partial charge in [-0.05, 0) is 19.3 Å². The van der Waals surface area contributed by atoms with Crippen LogP contribution in [-0.4, -0.2) is 30.0 Å². The molecule has 0 unspecified atom stereocenters. The van der Waals surface area contributed by atoms with E-state index in [0.717, 1.165) is 25.0 Å². The molecule has 1 aliphatic heterocycles. The number of nitrogens with one attached hydrogen (secondary N) is 3. The minimum absolute atomic E-state index is 0.0954. The minimum atomic E-state index is -0.277. The third-order valence-electron chi connectivity index (χ3n) is 2.54. The molecule has 98 valence electrons. The first-order chi connectivity index (χ1) is 8.70. The van der Waals surface area contributed by atoms with Gasteiger partial charge in [0.25, 0.3) is 5.91 Å². The normalized spacial score (nSPS) is 14.4. The molecule has 0 atom stereocenters. The van der Waals surface area contributed by atoms with E-state index in [0.29, 0.717) is 23.1 Å². The molecule has 0 saturated heterocycles. The maximum atomic E-state index is 11.7. The molecule has 0 aromatic carbocycles. The van der Waals surface area contributed by atoms with Gasteiger partial charge in [0.2, 0.25) is 0 Å². The molecule has 3 amide bonds. The summed E-state index contributed by atoms with van der Waals surface area (Å²) in [5.41, 5.74) is 0.779. The number of carbonyl (C=O) groups excluding carboxylic acids is 2. The number of aryl methyl sites for hydroxylation is 1. The van der Waals surface area contributed by atoms with Crippen molar-refractivity contribution in [3.63, 3.8) is 0 Å². The molecule has 3 N–H and O–H groups in total. The van der Waals surface area contributed by atoms with Gasteiger partial charge >= 0.3 is 6.03 Å². The lowest BCUT2D eigenvalue weighted by Gasteiger charge is -2.02. The van der Waals surface area contributed by atoms with E-state index in [1.807, 2.05) is 6.92 Å². The van der Waals surface area contributed by atoms with Crippen LogP contribution in [0.5, 0.6) is 0 Å². The van der Waals surface area contributed by atoms with Crippen LogP contribution in [0.15, 0.2) is 0 Å². The number of thiazole rings is 1. The van der Waals surface area contributed by atoms with Crippen LogP contribution < -0.4 is 16.0 Å². The van der Waals surface area contributed by atoms with Crippen LogP contribution in [0.3, 0.4) is 0 Å². The van der Waals surface area contributed by atoms with Gasteiger partial charge in [0, 0.05) is 13.1 Å². The van der Waals surface area contributed by atoms with Gasteiger partial charge in [0.05, 0.1) is 5.69 Å². The zero-order chi connectivity index (χ0) is 13.0. The van der Waals surface area contributed by atoms with Crippen LogP contribution in [0.2, 0.25) is 0 Å². The zero-order valence-electron chi connectivity index (χ0n) is 10.2. The molecule has 0 spiro atoms. The van der Waals surface area contributed by atoms with E-state index in [1.54, 1.807) is 0 Å². The van der Waals surface area contributed by atoms with Crippen molar-refractivity contribution in [3.8, 4) is 0 Å². The molecule has 0 saturated carbocycles. The molecule has 6 nitrogen and oxygen atoms in total. The quantitative estimate of drug-likeness (QED) is 0.773. The van der Waals surface area contributed by atoms with Gasteiger partial charge < -0.3 is 10.6 Å². The average Bonchev–Trinajstić information content (AvgIpc) is 2.67. The number of fused-ring (bicyclic) bond motifs is 1. The predicted octanol–water partition coefficient (Wildman–Crippen LogP) is 1.35. The molecule has 0 radical (unpaired) electrons. The smallest absolute Gasteiger partial charge is 0.321 e. The van der Waals surface area contributed by atoms with E-state index in [-0.39, 0.29) is 11.9 Å². The molecule has 1 aliphatic rings. The first kappa shape index (κ1) is 12.8. The summed E-state index contributed by atoms with van der Waals surface area (Å²) >= 11 is 1.22. The number of hydrogen-bond donors (Lipinski definition) is 3. The van der Waals surface area contributed by atoms with Gasteiger partial charge in [0.1, 0.15) is 4.88 Å². The van der Waals surface area contributed by atoms with Crippen molar-refractivity contribution in [2.45, 2.75) is 26.2 Å². The summed E-state index contributed by atoms with van der Waals surface area (Å²) in [6.07, 6.45) is 2.52.